The molecule has 1 N–H and O–H groups in total. The lowest BCUT2D eigenvalue weighted by Gasteiger charge is -2.07. The molecule has 0 aliphatic carbocycles. The van der Waals surface area contributed by atoms with Crippen LogP contribution in [0.4, 0.5) is 13.2 Å². The average molecular weight is 467 g/mol. The summed E-state index contributed by atoms with van der Waals surface area (Å²) in [6.07, 6.45) is -3.19. The van der Waals surface area contributed by atoms with Crippen LogP contribution < -0.4 is 10.2 Å². The van der Waals surface area contributed by atoms with Gasteiger partial charge in [0.25, 0.3) is 5.91 Å². The van der Waals surface area contributed by atoms with Crippen LogP contribution in [0.25, 0.3) is 11.3 Å². The van der Waals surface area contributed by atoms with Crippen molar-refractivity contribution in [3.63, 3.8) is 0 Å². The number of nitrogens with zero attached hydrogens (tertiary/aromatic N) is 1. The Morgan fingerprint density at radius 2 is 1.97 bits per heavy atom. The van der Waals surface area contributed by atoms with E-state index in [9.17, 15) is 18.0 Å². The summed E-state index contributed by atoms with van der Waals surface area (Å²) in [7, 11) is 1.45. The smallest absolute Gasteiger partial charge is 0.416 e. The number of hydrogen-bond donors (Lipinski definition) is 1. The number of carbonyl (C=O) groups is 1. The minimum Gasteiger partial charge on any atom is -0.496 e. The van der Waals surface area contributed by atoms with Crippen molar-refractivity contribution in [2.45, 2.75) is 6.18 Å². The molecular weight excluding hydrogens is 453 g/mol. The number of hydrazone groups is 1. The molecule has 2 aromatic carbocycles. The Hall–Kier alpha value is -3.07. The number of nitrogens with one attached hydrogen (secondary N) is 1. The first-order valence-electron chi connectivity index (χ1n) is 8.22. The molecule has 3 aromatic rings. The highest BCUT2D eigenvalue weighted by atomic mass is 79.9. The van der Waals surface area contributed by atoms with Crippen LogP contribution in [0.2, 0.25) is 0 Å². The first kappa shape index (κ1) is 20.7. The Labute approximate surface area is 172 Å². The molecule has 0 saturated carbocycles. The molecule has 1 amide bonds. The zero-order valence-corrected chi connectivity index (χ0v) is 16.5. The fourth-order valence-electron chi connectivity index (χ4n) is 2.50. The molecule has 1 heterocycles. The maximum Gasteiger partial charge on any atom is 0.416 e. The fourth-order valence-corrected chi connectivity index (χ4v) is 2.86. The van der Waals surface area contributed by atoms with Gasteiger partial charge in [-0.2, -0.15) is 18.3 Å². The van der Waals surface area contributed by atoms with Crippen LogP contribution in [-0.4, -0.2) is 19.2 Å². The van der Waals surface area contributed by atoms with E-state index in [1.807, 2.05) is 0 Å². The maximum atomic E-state index is 12.8. The van der Waals surface area contributed by atoms with Gasteiger partial charge in [0.05, 0.1) is 24.5 Å². The first-order chi connectivity index (χ1) is 13.8. The number of benzene rings is 2. The van der Waals surface area contributed by atoms with Crippen LogP contribution in [0, 0.1) is 0 Å². The van der Waals surface area contributed by atoms with E-state index in [1.165, 1.54) is 37.6 Å². The summed E-state index contributed by atoms with van der Waals surface area (Å²) < 4.78 is 49.9. The molecular formula is C20H14BrF3N2O3. The first-order valence-corrected chi connectivity index (χ1v) is 9.01. The highest BCUT2D eigenvalue weighted by Crippen LogP contribution is 2.32. The molecule has 5 nitrogen and oxygen atoms in total. The van der Waals surface area contributed by atoms with E-state index >= 15 is 0 Å². The van der Waals surface area contributed by atoms with Crippen LogP contribution in [0.15, 0.2) is 68.6 Å². The molecule has 0 bridgehead atoms. The Bertz CT molecular complexity index is 1060. The topological polar surface area (TPSA) is 63.8 Å². The van der Waals surface area contributed by atoms with E-state index in [-0.39, 0.29) is 22.6 Å². The van der Waals surface area contributed by atoms with Crippen LogP contribution in [-0.2, 0) is 6.18 Å². The number of rotatable bonds is 5. The monoisotopic (exact) mass is 466 g/mol. The SMILES string of the molecule is COc1ccc(Br)cc1C(=O)N/N=C\c1ccc(-c2cccc(C(F)(F)F)c2)o1. The van der Waals surface area contributed by atoms with Gasteiger partial charge in [-0.25, -0.2) is 5.43 Å². The van der Waals surface area contributed by atoms with Crippen molar-refractivity contribution in [3.05, 3.63) is 76.0 Å². The predicted octanol–water partition coefficient (Wildman–Crippen LogP) is 5.50. The number of furan rings is 1. The van der Waals surface area contributed by atoms with Gasteiger partial charge in [-0.3, -0.25) is 4.79 Å². The van der Waals surface area contributed by atoms with Crippen molar-refractivity contribution in [2.24, 2.45) is 5.10 Å². The van der Waals surface area contributed by atoms with Crippen LogP contribution >= 0.6 is 15.9 Å². The number of ether oxygens (including phenoxy) is 1. The van der Waals surface area contributed by atoms with Crippen molar-refractivity contribution in [1.82, 2.24) is 5.43 Å². The van der Waals surface area contributed by atoms with Crippen LogP contribution in [0.1, 0.15) is 21.7 Å². The molecule has 9 heteroatoms. The van der Waals surface area contributed by atoms with Gasteiger partial charge in [0.2, 0.25) is 0 Å². The Morgan fingerprint density at radius 3 is 2.69 bits per heavy atom. The minimum absolute atomic E-state index is 0.248. The molecule has 29 heavy (non-hydrogen) atoms. The van der Waals surface area contributed by atoms with Gasteiger partial charge < -0.3 is 9.15 Å². The second-order valence-corrected chi connectivity index (χ2v) is 6.74. The molecule has 0 unspecified atom stereocenters. The Balaban J connectivity index is 1.72. The molecule has 1 aromatic heterocycles. The zero-order chi connectivity index (χ0) is 21.0. The quantitative estimate of drug-likeness (QED) is 0.398. The Kier molecular flexibility index (Phi) is 6.07. The Morgan fingerprint density at radius 1 is 1.17 bits per heavy atom. The second kappa shape index (κ2) is 8.52. The molecule has 0 saturated heterocycles. The molecule has 150 valence electrons. The lowest BCUT2D eigenvalue weighted by atomic mass is 10.1. The molecule has 0 spiro atoms. The second-order valence-electron chi connectivity index (χ2n) is 5.82. The number of alkyl halides is 3. The van der Waals surface area contributed by atoms with E-state index in [0.717, 1.165) is 12.1 Å². The summed E-state index contributed by atoms with van der Waals surface area (Å²) in [4.78, 5) is 12.3. The summed E-state index contributed by atoms with van der Waals surface area (Å²) >= 11 is 3.28. The van der Waals surface area contributed by atoms with E-state index < -0.39 is 17.6 Å². The largest absolute Gasteiger partial charge is 0.496 e. The number of halogens is 4. The van der Waals surface area contributed by atoms with Crippen molar-refractivity contribution >= 4 is 28.1 Å². The van der Waals surface area contributed by atoms with Crippen molar-refractivity contribution in [2.75, 3.05) is 7.11 Å². The van der Waals surface area contributed by atoms with E-state index in [0.29, 0.717) is 10.2 Å². The van der Waals surface area contributed by atoms with Crippen LogP contribution in [0.3, 0.4) is 0 Å². The van der Waals surface area contributed by atoms with Gasteiger partial charge in [0.1, 0.15) is 17.3 Å². The number of amides is 1. The average Bonchev–Trinajstić information content (AvgIpc) is 3.16. The normalized spacial score (nSPS) is 11.6. The summed E-state index contributed by atoms with van der Waals surface area (Å²) in [6, 6.07) is 12.8. The third-order valence-corrected chi connectivity index (χ3v) is 4.36. The summed E-state index contributed by atoms with van der Waals surface area (Å²) in [6.45, 7) is 0. The van der Waals surface area contributed by atoms with Gasteiger partial charge in [-0.15, -0.1) is 0 Å². The lowest BCUT2D eigenvalue weighted by molar-refractivity contribution is -0.137. The summed E-state index contributed by atoms with van der Waals surface area (Å²) in [5.74, 6) is 0.395. The van der Waals surface area contributed by atoms with Gasteiger partial charge in [0.15, 0.2) is 0 Å². The number of methoxy groups -OCH3 is 1. The lowest BCUT2D eigenvalue weighted by Crippen LogP contribution is -2.18. The molecule has 3 rings (SSSR count). The van der Waals surface area contributed by atoms with E-state index in [4.69, 9.17) is 9.15 Å². The molecule has 0 aliphatic heterocycles. The third-order valence-electron chi connectivity index (χ3n) is 3.87. The van der Waals surface area contributed by atoms with Crippen molar-refractivity contribution < 1.29 is 27.1 Å². The predicted molar refractivity (Wildman–Crippen MR) is 105 cm³/mol. The minimum atomic E-state index is -4.44. The van der Waals surface area contributed by atoms with Crippen molar-refractivity contribution in [3.8, 4) is 17.1 Å². The van der Waals surface area contributed by atoms with Gasteiger partial charge in [-0.1, -0.05) is 28.1 Å². The third kappa shape index (κ3) is 5.05. The molecule has 0 radical (unpaired) electrons. The summed E-state index contributed by atoms with van der Waals surface area (Å²) in [5, 5.41) is 3.82. The maximum absolute atomic E-state index is 12.8. The van der Waals surface area contributed by atoms with Crippen LogP contribution in [0.5, 0.6) is 5.75 Å². The highest BCUT2D eigenvalue weighted by Gasteiger charge is 2.30. The fraction of sp³-hybridized carbons (Fsp3) is 0.100. The molecule has 0 atom stereocenters. The number of carbonyl (C=O) groups excluding carboxylic acids is 1. The number of hydrogen-bond acceptors (Lipinski definition) is 4. The van der Waals surface area contributed by atoms with E-state index in [2.05, 4.69) is 26.5 Å². The van der Waals surface area contributed by atoms with E-state index in [1.54, 1.807) is 18.2 Å². The highest BCUT2D eigenvalue weighted by molar-refractivity contribution is 9.10. The molecule has 0 aliphatic rings. The standard InChI is InChI=1S/C20H14BrF3N2O3/c1-28-18-7-5-14(21)10-16(18)19(27)26-25-11-15-6-8-17(29-15)12-3-2-4-13(9-12)20(22,23)24/h2-11H,1H3,(H,26,27)/b25-11-. The molecule has 0 fully saturated rings. The van der Waals surface area contributed by atoms with Crippen molar-refractivity contribution in [1.29, 1.82) is 0 Å². The summed E-state index contributed by atoms with van der Waals surface area (Å²) in [5.41, 5.74) is 2.14. The van der Waals surface area contributed by atoms with Gasteiger partial charge in [0, 0.05) is 10.0 Å². The van der Waals surface area contributed by atoms with Gasteiger partial charge in [-0.05, 0) is 42.5 Å². The zero-order valence-electron chi connectivity index (χ0n) is 15.0. The van der Waals surface area contributed by atoms with Gasteiger partial charge >= 0.3 is 6.18 Å².